The molecule has 0 bridgehead atoms. The summed E-state index contributed by atoms with van der Waals surface area (Å²) < 4.78 is 5.21. The van der Waals surface area contributed by atoms with E-state index in [1.807, 2.05) is 20.8 Å². The number of carboxylic acid groups (broad SMARTS) is 1. The van der Waals surface area contributed by atoms with Crippen LogP contribution in [-0.4, -0.2) is 47.2 Å². The molecule has 0 aromatic carbocycles. The summed E-state index contributed by atoms with van der Waals surface area (Å²) in [4.78, 5) is 24.6. The van der Waals surface area contributed by atoms with E-state index in [4.69, 9.17) is 9.84 Å². The molecular formula is C12H21NO4. The average molecular weight is 243 g/mol. The zero-order valence-electron chi connectivity index (χ0n) is 10.7. The standard InChI is InChI=1S/C12H21NO4/c1-12(2,3)13(8-10(14)15)11(16)9-4-6-17-7-5-9/h9H,4-8H2,1-3H3,(H,14,15). The molecule has 0 atom stereocenters. The van der Waals surface area contributed by atoms with E-state index in [1.165, 1.54) is 4.90 Å². The van der Waals surface area contributed by atoms with Crippen molar-refractivity contribution in [1.82, 2.24) is 4.90 Å². The van der Waals surface area contributed by atoms with E-state index in [1.54, 1.807) is 0 Å². The fourth-order valence-corrected chi connectivity index (χ4v) is 1.95. The second-order valence-electron chi connectivity index (χ2n) is 5.38. The van der Waals surface area contributed by atoms with Crippen molar-refractivity contribution in [3.05, 3.63) is 0 Å². The Bertz CT molecular complexity index is 289. The van der Waals surface area contributed by atoms with E-state index in [2.05, 4.69) is 0 Å². The van der Waals surface area contributed by atoms with E-state index in [9.17, 15) is 9.59 Å². The summed E-state index contributed by atoms with van der Waals surface area (Å²) >= 11 is 0. The number of nitrogens with zero attached hydrogens (tertiary/aromatic N) is 1. The van der Waals surface area contributed by atoms with Gasteiger partial charge in [0.1, 0.15) is 6.54 Å². The van der Waals surface area contributed by atoms with Gasteiger partial charge < -0.3 is 14.7 Å². The first-order valence-corrected chi connectivity index (χ1v) is 5.93. The van der Waals surface area contributed by atoms with Crippen molar-refractivity contribution in [2.45, 2.75) is 39.2 Å². The van der Waals surface area contributed by atoms with Gasteiger partial charge in [-0.3, -0.25) is 9.59 Å². The average Bonchev–Trinajstić information content (AvgIpc) is 2.24. The molecule has 5 heteroatoms. The predicted octanol–water partition coefficient (Wildman–Crippen LogP) is 1.12. The molecule has 1 aliphatic rings. The molecule has 1 N–H and O–H groups in total. The molecule has 1 heterocycles. The molecule has 17 heavy (non-hydrogen) atoms. The SMILES string of the molecule is CC(C)(C)N(CC(=O)O)C(=O)C1CCOCC1. The van der Waals surface area contributed by atoms with Crippen molar-refractivity contribution in [3.63, 3.8) is 0 Å². The van der Waals surface area contributed by atoms with E-state index < -0.39 is 11.5 Å². The number of rotatable bonds is 3. The summed E-state index contributed by atoms with van der Waals surface area (Å²) in [6.07, 6.45) is 1.37. The first-order chi connectivity index (χ1) is 7.82. The molecule has 0 saturated carbocycles. The molecule has 0 unspecified atom stereocenters. The highest BCUT2D eigenvalue weighted by Crippen LogP contribution is 2.22. The second kappa shape index (κ2) is 5.49. The van der Waals surface area contributed by atoms with E-state index in [-0.39, 0.29) is 18.4 Å². The molecule has 1 fully saturated rings. The number of carbonyl (C=O) groups excluding carboxylic acids is 1. The first kappa shape index (κ1) is 14.0. The van der Waals surface area contributed by atoms with Gasteiger partial charge in [-0.25, -0.2) is 0 Å². The van der Waals surface area contributed by atoms with Gasteiger partial charge in [-0.05, 0) is 33.6 Å². The number of hydrogen-bond donors (Lipinski definition) is 1. The fourth-order valence-electron chi connectivity index (χ4n) is 1.95. The van der Waals surface area contributed by atoms with Gasteiger partial charge in [0.05, 0.1) is 0 Å². The van der Waals surface area contributed by atoms with E-state index in [0.717, 1.165) is 0 Å². The van der Waals surface area contributed by atoms with Gasteiger partial charge in [-0.2, -0.15) is 0 Å². The van der Waals surface area contributed by atoms with Crippen LogP contribution in [0.2, 0.25) is 0 Å². The Labute approximate surface area is 102 Å². The lowest BCUT2D eigenvalue weighted by Gasteiger charge is -2.37. The summed E-state index contributed by atoms with van der Waals surface area (Å²) in [6.45, 7) is 6.50. The lowest BCUT2D eigenvalue weighted by Crippen LogP contribution is -2.51. The highest BCUT2D eigenvalue weighted by molar-refractivity contribution is 5.83. The third-order valence-electron chi connectivity index (χ3n) is 2.94. The normalized spacial score (nSPS) is 17.8. The Hall–Kier alpha value is -1.10. The van der Waals surface area contributed by atoms with Crippen LogP contribution in [0.5, 0.6) is 0 Å². The number of amides is 1. The van der Waals surface area contributed by atoms with Crippen molar-refractivity contribution in [2.24, 2.45) is 5.92 Å². The Morgan fingerprint density at radius 3 is 2.24 bits per heavy atom. The van der Waals surface area contributed by atoms with Gasteiger partial charge in [0, 0.05) is 24.7 Å². The summed E-state index contributed by atoms with van der Waals surface area (Å²) in [5.74, 6) is -1.13. The van der Waals surface area contributed by atoms with Gasteiger partial charge >= 0.3 is 5.97 Å². The third kappa shape index (κ3) is 4.00. The maximum absolute atomic E-state index is 12.3. The Morgan fingerprint density at radius 2 is 1.82 bits per heavy atom. The molecular weight excluding hydrogens is 222 g/mol. The van der Waals surface area contributed by atoms with E-state index >= 15 is 0 Å². The maximum Gasteiger partial charge on any atom is 0.323 e. The molecule has 0 radical (unpaired) electrons. The third-order valence-corrected chi connectivity index (χ3v) is 2.94. The van der Waals surface area contributed by atoms with Crippen LogP contribution in [-0.2, 0) is 14.3 Å². The molecule has 0 aromatic rings. The van der Waals surface area contributed by atoms with Crippen LogP contribution in [0.1, 0.15) is 33.6 Å². The van der Waals surface area contributed by atoms with Gasteiger partial charge in [-0.15, -0.1) is 0 Å². The monoisotopic (exact) mass is 243 g/mol. The predicted molar refractivity (Wildman–Crippen MR) is 62.6 cm³/mol. The smallest absolute Gasteiger partial charge is 0.323 e. The Balaban J connectivity index is 2.74. The lowest BCUT2D eigenvalue weighted by molar-refractivity contribution is -0.152. The quantitative estimate of drug-likeness (QED) is 0.806. The molecule has 1 aliphatic heterocycles. The number of carbonyl (C=O) groups is 2. The van der Waals surface area contributed by atoms with Crippen LogP contribution in [0.25, 0.3) is 0 Å². The van der Waals surface area contributed by atoms with Crippen LogP contribution in [0.4, 0.5) is 0 Å². The van der Waals surface area contributed by atoms with Crippen LogP contribution in [0, 0.1) is 5.92 Å². The van der Waals surface area contributed by atoms with Crippen molar-refractivity contribution in [3.8, 4) is 0 Å². The number of ether oxygens (including phenoxy) is 1. The fraction of sp³-hybridized carbons (Fsp3) is 0.833. The highest BCUT2D eigenvalue weighted by Gasteiger charge is 2.33. The second-order valence-corrected chi connectivity index (χ2v) is 5.38. The van der Waals surface area contributed by atoms with E-state index in [0.29, 0.717) is 26.1 Å². The summed E-state index contributed by atoms with van der Waals surface area (Å²) in [6, 6.07) is 0. The molecule has 5 nitrogen and oxygen atoms in total. The van der Waals surface area contributed by atoms with Gasteiger partial charge in [0.15, 0.2) is 0 Å². The molecule has 0 aromatic heterocycles. The zero-order valence-corrected chi connectivity index (χ0v) is 10.7. The van der Waals surface area contributed by atoms with Crippen LogP contribution in [0.15, 0.2) is 0 Å². The van der Waals surface area contributed by atoms with Crippen LogP contribution >= 0.6 is 0 Å². The van der Waals surface area contributed by atoms with Crippen molar-refractivity contribution in [1.29, 1.82) is 0 Å². The number of aliphatic carboxylic acids is 1. The minimum Gasteiger partial charge on any atom is -0.480 e. The largest absolute Gasteiger partial charge is 0.480 e. The topological polar surface area (TPSA) is 66.8 Å². The summed E-state index contributed by atoms with van der Waals surface area (Å²) in [5.41, 5.74) is -0.465. The van der Waals surface area contributed by atoms with Crippen LogP contribution in [0.3, 0.4) is 0 Å². The number of carboxylic acids is 1. The maximum atomic E-state index is 12.3. The Kier molecular flexibility index (Phi) is 4.51. The Morgan fingerprint density at radius 1 is 1.29 bits per heavy atom. The summed E-state index contributed by atoms with van der Waals surface area (Å²) in [7, 11) is 0. The van der Waals surface area contributed by atoms with Crippen LogP contribution < -0.4 is 0 Å². The van der Waals surface area contributed by atoms with Gasteiger partial charge in [0.25, 0.3) is 0 Å². The molecule has 1 amide bonds. The first-order valence-electron chi connectivity index (χ1n) is 5.93. The zero-order chi connectivity index (χ0) is 13.1. The molecule has 1 saturated heterocycles. The lowest BCUT2D eigenvalue weighted by atomic mass is 9.95. The summed E-state index contributed by atoms with van der Waals surface area (Å²) in [5, 5.41) is 8.88. The van der Waals surface area contributed by atoms with Crippen molar-refractivity contribution < 1.29 is 19.4 Å². The van der Waals surface area contributed by atoms with Crippen molar-refractivity contribution in [2.75, 3.05) is 19.8 Å². The molecule has 0 aliphatic carbocycles. The minimum atomic E-state index is -0.972. The highest BCUT2D eigenvalue weighted by atomic mass is 16.5. The number of hydrogen-bond acceptors (Lipinski definition) is 3. The molecule has 1 rings (SSSR count). The van der Waals surface area contributed by atoms with Gasteiger partial charge in [0.2, 0.25) is 5.91 Å². The molecule has 98 valence electrons. The minimum absolute atomic E-state index is 0.0665. The molecule has 0 spiro atoms. The van der Waals surface area contributed by atoms with Gasteiger partial charge in [-0.1, -0.05) is 0 Å². The van der Waals surface area contributed by atoms with Crippen molar-refractivity contribution >= 4 is 11.9 Å².